The summed E-state index contributed by atoms with van der Waals surface area (Å²) >= 11 is 1.29. The largest absolute Gasteiger partial charge is 0.375 e. The number of nitrogens with two attached hydrogens (primary N) is 1. The van der Waals surface area contributed by atoms with Gasteiger partial charge in [0.15, 0.2) is 5.13 Å². The third-order valence-electron chi connectivity index (χ3n) is 1.65. The van der Waals surface area contributed by atoms with Crippen LogP contribution in [0.1, 0.15) is 23.8 Å². The first-order valence-corrected chi connectivity index (χ1v) is 4.99. The van der Waals surface area contributed by atoms with Crippen molar-refractivity contribution >= 4 is 22.4 Å². The highest BCUT2D eigenvalue weighted by Crippen LogP contribution is 2.12. The molecule has 0 aromatic carbocycles. The molecule has 1 heterocycles. The van der Waals surface area contributed by atoms with Gasteiger partial charge in [-0.05, 0) is 6.42 Å². The maximum Gasteiger partial charge on any atom is 0.273 e. The van der Waals surface area contributed by atoms with Crippen molar-refractivity contribution in [3.63, 3.8) is 0 Å². The lowest BCUT2D eigenvalue weighted by Crippen LogP contribution is -2.27. The molecule has 0 spiro atoms. The van der Waals surface area contributed by atoms with Crippen molar-refractivity contribution in [1.29, 1.82) is 0 Å². The number of hydrogen-bond donors (Lipinski definition) is 1. The molecule has 2 N–H and O–H groups in total. The molecular formula is C8H13N3OS. The van der Waals surface area contributed by atoms with Crippen LogP contribution >= 0.6 is 11.3 Å². The Morgan fingerprint density at radius 1 is 1.77 bits per heavy atom. The Balaban J connectivity index is 2.67. The molecule has 1 aromatic rings. The third kappa shape index (κ3) is 2.42. The number of thiazole rings is 1. The lowest BCUT2D eigenvalue weighted by Gasteiger charge is -2.13. The molecule has 0 aliphatic rings. The van der Waals surface area contributed by atoms with Gasteiger partial charge < -0.3 is 10.6 Å². The molecule has 0 atom stereocenters. The van der Waals surface area contributed by atoms with E-state index in [2.05, 4.69) is 4.98 Å². The fourth-order valence-electron chi connectivity index (χ4n) is 1.02. The Bertz CT molecular complexity index is 297. The van der Waals surface area contributed by atoms with E-state index in [1.165, 1.54) is 11.3 Å². The lowest BCUT2D eigenvalue weighted by atomic mass is 10.4. The van der Waals surface area contributed by atoms with E-state index in [0.29, 0.717) is 10.8 Å². The number of hydrogen-bond acceptors (Lipinski definition) is 4. The summed E-state index contributed by atoms with van der Waals surface area (Å²) in [4.78, 5) is 17.1. The summed E-state index contributed by atoms with van der Waals surface area (Å²) in [6.07, 6.45) is 0.946. The predicted molar refractivity (Wildman–Crippen MR) is 53.8 cm³/mol. The standard InChI is InChI=1S/C8H13N3OS/c1-3-4-11(2)7(12)6-5-13-8(9)10-6/h5H,3-4H2,1-2H3,(H2,9,10). The number of amides is 1. The summed E-state index contributed by atoms with van der Waals surface area (Å²) in [5, 5.41) is 2.12. The number of rotatable bonds is 3. The number of nitrogens with zero attached hydrogens (tertiary/aromatic N) is 2. The Morgan fingerprint density at radius 2 is 2.46 bits per heavy atom. The minimum atomic E-state index is -0.0604. The zero-order valence-corrected chi connectivity index (χ0v) is 8.60. The first kappa shape index (κ1) is 9.98. The van der Waals surface area contributed by atoms with E-state index in [0.717, 1.165) is 13.0 Å². The van der Waals surface area contributed by atoms with Gasteiger partial charge in [0.25, 0.3) is 5.91 Å². The van der Waals surface area contributed by atoms with Crippen LogP contribution in [0.2, 0.25) is 0 Å². The summed E-state index contributed by atoms with van der Waals surface area (Å²) < 4.78 is 0. The molecule has 1 rings (SSSR count). The van der Waals surface area contributed by atoms with Crippen LogP contribution in [0.4, 0.5) is 5.13 Å². The van der Waals surface area contributed by atoms with Gasteiger partial charge in [-0.2, -0.15) is 0 Å². The summed E-state index contributed by atoms with van der Waals surface area (Å²) in [7, 11) is 1.77. The maximum atomic E-state index is 11.6. The van der Waals surface area contributed by atoms with Gasteiger partial charge in [-0.15, -0.1) is 11.3 Å². The molecule has 0 fully saturated rings. The molecular weight excluding hydrogens is 186 g/mol. The number of aromatic nitrogens is 1. The van der Waals surface area contributed by atoms with Gasteiger partial charge in [0.05, 0.1) is 0 Å². The van der Waals surface area contributed by atoms with Gasteiger partial charge in [0, 0.05) is 19.0 Å². The topological polar surface area (TPSA) is 59.2 Å². The molecule has 0 bridgehead atoms. The SMILES string of the molecule is CCCN(C)C(=O)c1csc(N)n1. The van der Waals surface area contributed by atoms with Crippen LogP contribution in [0.3, 0.4) is 0 Å². The van der Waals surface area contributed by atoms with Crippen molar-refractivity contribution in [2.24, 2.45) is 0 Å². The molecule has 13 heavy (non-hydrogen) atoms. The number of nitrogen functional groups attached to an aromatic ring is 1. The Morgan fingerprint density at radius 3 is 2.92 bits per heavy atom. The van der Waals surface area contributed by atoms with Crippen molar-refractivity contribution in [3.8, 4) is 0 Å². The van der Waals surface area contributed by atoms with Crippen LogP contribution < -0.4 is 5.73 Å². The van der Waals surface area contributed by atoms with E-state index >= 15 is 0 Å². The Kier molecular flexibility index (Phi) is 3.25. The van der Waals surface area contributed by atoms with Gasteiger partial charge in [-0.25, -0.2) is 4.98 Å². The monoisotopic (exact) mass is 199 g/mol. The lowest BCUT2D eigenvalue weighted by molar-refractivity contribution is 0.0790. The molecule has 1 amide bonds. The first-order chi connectivity index (χ1) is 6.15. The van der Waals surface area contributed by atoms with Crippen LogP contribution in [0.15, 0.2) is 5.38 Å². The van der Waals surface area contributed by atoms with Crippen LogP contribution in [0.5, 0.6) is 0 Å². The zero-order valence-electron chi connectivity index (χ0n) is 7.78. The van der Waals surface area contributed by atoms with Crippen LogP contribution in [-0.4, -0.2) is 29.4 Å². The van der Waals surface area contributed by atoms with E-state index in [1.807, 2.05) is 6.92 Å². The molecule has 4 nitrogen and oxygen atoms in total. The van der Waals surface area contributed by atoms with Gasteiger partial charge in [0.2, 0.25) is 0 Å². The van der Waals surface area contributed by atoms with E-state index in [4.69, 9.17) is 5.73 Å². The van der Waals surface area contributed by atoms with Gasteiger partial charge in [0.1, 0.15) is 5.69 Å². The van der Waals surface area contributed by atoms with E-state index in [1.54, 1.807) is 17.3 Å². The smallest absolute Gasteiger partial charge is 0.273 e. The second kappa shape index (κ2) is 4.23. The van der Waals surface area contributed by atoms with Crippen molar-refractivity contribution < 1.29 is 4.79 Å². The van der Waals surface area contributed by atoms with Crippen LogP contribution in [0, 0.1) is 0 Å². The van der Waals surface area contributed by atoms with Crippen molar-refractivity contribution in [2.45, 2.75) is 13.3 Å². The molecule has 72 valence electrons. The number of carbonyl (C=O) groups excluding carboxylic acids is 1. The highest BCUT2D eigenvalue weighted by Gasteiger charge is 2.13. The van der Waals surface area contributed by atoms with Gasteiger partial charge in [-0.3, -0.25) is 4.79 Å². The van der Waals surface area contributed by atoms with E-state index in [-0.39, 0.29) is 5.91 Å². The second-order valence-corrected chi connectivity index (χ2v) is 3.69. The molecule has 0 aliphatic heterocycles. The number of anilines is 1. The van der Waals surface area contributed by atoms with Crippen molar-refractivity contribution in [3.05, 3.63) is 11.1 Å². The predicted octanol–water partition coefficient (Wildman–Crippen LogP) is 1.21. The summed E-state index contributed by atoms with van der Waals surface area (Å²) in [6.45, 7) is 2.77. The highest BCUT2D eigenvalue weighted by molar-refractivity contribution is 7.13. The van der Waals surface area contributed by atoms with Gasteiger partial charge in [-0.1, -0.05) is 6.92 Å². The molecule has 0 aliphatic carbocycles. The summed E-state index contributed by atoms with van der Waals surface area (Å²) in [6, 6.07) is 0. The highest BCUT2D eigenvalue weighted by atomic mass is 32.1. The third-order valence-corrected chi connectivity index (χ3v) is 2.32. The van der Waals surface area contributed by atoms with Crippen LogP contribution in [0.25, 0.3) is 0 Å². The average Bonchev–Trinajstić information content (AvgIpc) is 2.51. The molecule has 5 heteroatoms. The molecule has 0 saturated heterocycles. The second-order valence-electron chi connectivity index (χ2n) is 2.80. The fraction of sp³-hybridized carbons (Fsp3) is 0.500. The molecule has 0 unspecified atom stereocenters. The first-order valence-electron chi connectivity index (χ1n) is 4.11. The molecule has 0 radical (unpaired) electrons. The minimum Gasteiger partial charge on any atom is -0.375 e. The summed E-state index contributed by atoms with van der Waals surface area (Å²) in [5.74, 6) is -0.0604. The van der Waals surface area contributed by atoms with E-state index < -0.39 is 0 Å². The fourth-order valence-corrected chi connectivity index (χ4v) is 1.56. The van der Waals surface area contributed by atoms with E-state index in [9.17, 15) is 4.79 Å². The Hall–Kier alpha value is -1.10. The van der Waals surface area contributed by atoms with Gasteiger partial charge >= 0.3 is 0 Å². The van der Waals surface area contributed by atoms with Crippen molar-refractivity contribution in [1.82, 2.24) is 9.88 Å². The summed E-state index contributed by atoms with van der Waals surface area (Å²) in [5.41, 5.74) is 5.87. The van der Waals surface area contributed by atoms with Crippen LogP contribution in [-0.2, 0) is 0 Å². The number of carbonyl (C=O) groups is 1. The Labute approximate surface area is 81.4 Å². The minimum absolute atomic E-state index is 0.0604. The average molecular weight is 199 g/mol. The zero-order chi connectivity index (χ0) is 9.84. The van der Waals surface area contributed by atoms with Crippen molar-refractivity contribution in [2.75, 3.05) is 19.3 Å². The normalized spacial score (nSPS) is 10.0. The molecule has 1 aromatic heterocycles. The molecule has 0 saturated carbocycles. The quantitative estimate of drug-likeness (QED) is 0.796. The maximum absolute atomic E-state index is 11.6.